The monoisotopic (exact) mass is 271 g/mol. The van der Waals surface area contributed by atoms with E-state index >= 15 is 0 Å². The van der Waals surface area contributed by atoms with Crippen molar-refractivity contribution < 1.29 is 14.3 Å². The van der Waals surface area contributed by atoms with Crippen LogP contribution in [0.5, 0.6) is 0 Å². The van der Waals surface area contributed by atoms with Gasteiger partial charge in [-0.15, -0.1) is 0 Å². The molecule has 1 atom stereocenters. The Balaban J connectivity index is 2.37. The first-order chi connectivity index (χ1) is 8.97. The van der Waals surface area contributed by atoms with Gasteiger partial charge in [0.25, 0.3) is 0 Å². The molecule has 0 heterocycles. The number of carbonyl (C=O) groups excluding carboxylic acids is 2. The maximum Gasteiger partial charge on any atom is 0.242 e. The Kier molecular flexibility index (Phi) is 6.24. The molecule has 3 N–H and O–H groups in total. The van der Waals surface area contributed by atoms with Gasteiger partial charge in [0.15, 0.2) is 0 Å². The summed E-state index contributed by atoms with van der Waals surface area (Å²) < 4.78 is 4.99. The SMILES string of the molecule is COCCN(C(=O)CNC(=O)[C@@H](N)C(C)C)C1CC1. The molecule has 110 valence electrons. The number of carbonyl (C=O) groups is 2. The van der Waals surface area contributed by atoms with E-state index in [-0.39, 0.29) is 24.3 Å². The highest BCUT2D eigenvalue weighted by molar-refractivity contribution is 5.87. The second-order valence-electron chi connectivity index (χ2n) is 5.30. The van der Waals surface area contributed by atoms with Crippen LogP contribution in [-0.4, -0.2) is 55.6 Å². The molecular formula is C13H25N3O3. The van der Waals surface area contributed by atoms with Gasteiger partial charge in [0, 0.05) is 19.7 Å². The van der Waals surface area contributed by atoms with Gasteiger partial charge in [-0.1, -0.05) is 13.8 Å². The maximum atomic E-state index is 12.0. The molecule has 0 saturated heterocycles. The van der Waals surface area contributed by atoms with Crippen LogP contribution in [0.2, 0.25) is 0 Å². The van der Waals surface area contributed by atoms with Gasteiger partial charge in [0.1, 0.15) is 0 Å². The number of ether oxygens (including phenoxy) is 1. The summed E-state index contributed by atoms with van der Waals surface area (Å²) in [6.07, 6.45) is 2.07. The van der Waals surface area contributed by atoms with Crippen molar-refractivity contribution in [3.8, 4) is 0 Å². The zero-order valence-electron chi connectivity index (χ0n) is 12.0. The molecular weight excluding hydrogens is 246 g/mol. The van der Waals surface area contributed by atoms with E-state index in [0.717, 1.165) is 12.8 Å². The fraction of sp³-hybridized carbons (Fsp3) is 0.846. The van der Waals surface area contributed by atoms with Crippen molar-refractivity contribution in [1.29, 1.82) is 0 Å². The Bertz CT molecular complexity index is 316. The van der Waals surface area contributed by atoms with Crippen LogP contribution < -0.4 is 11.1 Å². The van der Waals surface area contributed by atoms with Crippen molar-refractivity contribution in [2.24, 2.45) is 11.7 Å². The average Bonchev–Trinajstić information content (AvgIpc) is 3.19. The van der Waals surface area contributed by atoms with Gasteiger partial charge < -0.3 is 20.7 Å². The fourth-order valence-corrected chi connectivity index (χ4v) is 1.77. The highest BCUT2D eigenvalue weighted by atomic mass is 16.5. The molecule has 0 spiro atoms. The highest BCUT2D eigenvalue weighted by Crippen LogP contribution is 2.26. The third kappa shape index (κ3) is 5.16. The Hall–Kier alpha value is -1.14. The lowest BCUT2D eigenvalue weighted by molar-refractivity contribution is -0.134. The van der Waals surface area contributed by atoms with E-state index < -0.39 is 6.04 Å². The predicted molar refractivity (Wildman–Crippen MR) is 72.4 cm³/mol. The van der Waals surface area contributed by atoms with E-state index in [1.165, 1.54) is 0 Å². The highest BCUT2D eigenvalue weighted by Gasteiger charge is 2.32. The molecule has 1 aliphatic rings. The number of amides is 2. The number of nitrogens with two attached hydrogens (primary N) is 1. The maximum absolute atomic E-state index is 12.0. The van der Waals surface area contributed by atoms with Crippen molar-refractivity contribution in [1.82, 2.24) is 10.2 Å². The number of hydrogen-bond acceptors (Lipinski definition) is 4. The molecule has 1 rings (SSSR count). The largest absolute Gasteiger partial charge is 0.383 e. The second-order valence-corrected chi connectivity index (χ2v) is 5.30. The third-order valence-corrected chi connectivity index (χ3v) is 3.28. The van der Waals surface area contributed by atoms with Crippen LogP contribution >= 0.6 is 0 Å². The molecule has 0 unspecified atom stereocenters. The summed E-state index contributed by atoms with van der Waals surface area (Å²) in [5, 5.41) is 2.61. The minimum atomic E-state index is -0.568. The van der Waals surface area contributed by atoms with Crippen molar-refractivity contribution in [3.63, 3.8) is 0 Å². The lowest BCUT2D eigenvalue weighted by Gasteiger charge is -2.23. The van der Waals surface area contributed by atoms with E-state index in [1.807, 2.05) is 13.8 Å². The number of hydrogen-bond donors (Lipinski definition) is 2. The number of rotatable bonds is 8. The number of nitrogens with one attached hydrogen (secondary N) is 1. The average molecular weight is 271 g/mol. The first kappa shape index (κ1) is 15.9. The van der Waals surface area contributed by atoms with Crippen LogP contribution in [0.25, 0.3) is 0 Å². The van der Waals surface area contributed by atoms with Crippen LogP contribution in [0.1, 0.15) is 26.7 Å². The molecule has 1 saturated carbocycles. The summed E-state index contributed by atoms with van der Waals surface area (Å²) in [7, 11) is 1.61. The Morgan fingerprint density at radius 3 is 2.53 bits per heavy atom. The zero-order chi connectivity index (χ0) is 14.4. The van der Waals surface area contributed by atoms with Crippen LogP contribution in [-0.2, 0) is 14.3 Å². The van der Waals surface area contributed by atoms with Gasteiger partial charge >= 0.3 is 0 Å². The standard InChI is InChI=1S/C13H25N3O3/c1-9(2)12(14)13(18)15-8-11(17)16(6-7-19-3)10-4-5-10/h9-10,12H,4-8,14H2,1-3H3,(H,15,18)/t12-/m0/s1. The van der Waals surface area contributed by atoms with Gasteiger partial charge in [-0.05, 0) is 18.8 Å². The smallest absolute Gasteiger partial charge is 0.242 e. The number of nitrogens with zero attached hydrogens (tertiary/aromatic N) is 1. The lowest BCUT2D eigenvalue weighted by Crippen LogP contribution is -2.48. The van der Waals surface area contributed by atoms with Crippen LogP contribution in [0.4, 0.5) is 0 Å². The van der Waals surface area contributed by atoms with Crippen LogP contribution in [0.15, 0.2) is 0 Å². The molecule has 6 nitrogen and oxygen atoms in total. The second kappa shape index (κ2) is 7.45. The molecule has 0 bridgehead atoms. The van der Waals surface area contributed by atoms with E-state index in [9.17, 15) is 9.59 Å². The molecule has 0 aromatic rings. The van der Waals surface area contributed by atoms with Crippen molar-refractivity contribution in [2.45, 2.75) is 38.8 Å². The third-order valence-electron chi connectivity index (χ3n) is 3.28. The summed E-state index contributed by atoms with van der Waals surface area (Å²) in [6.45, 7) is 4.86. The molecule has 0 aliphatic heterocycles. The normalized spacial score (nSPS) is 16.3. The Morgan fingerprint density at radius 1 is 1.42 bits per heavy atom. The van der Waals surface area contributed by atoms with E-state index in [0.29, 0.717) is 19.2 Å². The quantitative estimate of drug-likeness (QED) is 0.636. The topological polar surface area (TPSA) is 84.7 Å². The van der Waals surface area contributed by atoms with Gasteiger partial charge in [0.05, 0.1) is 19.2 Å². The predicted octanol–water partition coefficient (Wildman–Crippen LogP) is -0.277. The number of methoxy groups -OCH3 is 1. The Labute approximate surface area is 114 Å². The summed E-state index contributed by atoms with van der Waals surface area (Å²) in [5.74, 6) is -0.280. The first-order valence-corrected chi connectivity index (χ1v) is 6.79. The van der Waals surface area contributed by atoms with Crippen LogP contribution in [0, 0.1) is 5.92 Å². The van der Waals surface area contributed by atoms with Gasteiger partial charge in [-0.25, -0.2) is 0 Å². The van der Waals surface area contributed by atoms with E-state index in [2.05, 4.69) is 5.32 Å². The first-order valence-electron chi connectivity index (χ1n) is 6.79. The minimum absolute atomic E-state index is 0.0134. The lowest BCUT2D eigenvalue weighted by atomic mass is 10.1. The molecule has 0 radical (unpaired) electrons. The molecule has 1 aliphatic carbocycles. The minimum Gasteiger partial charge on any atom is -0.383 e. The van der Waals surface area contributed by atoms with Gasteiger partial charge in [-0.2, -0.15) is 0 Å². The van der Waals surface area contributed by atoms with Gasteiger partial charge in [-0.3, -0.25) is 9.59 Å². The summed E-state index contributed by atoms with van der Waals surface area (Å²) in [4.78, 5) is 25.5. The molecule has 19 heavy (non-hydrogen) atoms. The molecule has 0 aromatic heterocycles. The summed E-state index contributed by atoms with van der Waals surface area (Å²) >= 11 is 0. The zero-order valence-corrected chi connectivity index (χ0v) is 12.0. The van der Waals surface area contributed by atoms with Crippen LogP contribution in [0.3, 0.4) is 0 Å². The molecule has 6 heteroatoms. The molecule has 0 aromatic carbocycles. The van der Waals surface area contributed by atoms with Crippen molar-refractivity contribution in [3.05, 3.63) is 0 Å². The molecule has 1 fully saturated rings. The Morgan fingerprint density at radius 2 is 2.05 bits per heavy atom. The van der Waals surface area contributed by atoms with E-state index in [1.54, 1.807) is 12.0 Å². The summed E-state index contributed by atoms with van der Waals surface area (Å²) in [6, 6.07) is -0.250. The van der Waals surface area contributed by atoms with E-state index in [4.69, 9.17) is 10.5 Å². The van der Waals surface area contributed by atoms with Gasteiger partial charge in [0.2, 0.25) is 11.8 Å². The van der Waals surface area contributed by atoms with Crippen molar-refractivity contribution >= 4 is 11.8 Å². The summed E-state index contributed by atoms with van der Waals surface area (Å²) in [5.41, 5.74) is 5.72. The molecule has 2 amide bonds. The fourth-order valence-electron chi connectivity index (χ4n) is 1.77. The van der Waals surface area contributed by atoms with Crippen molar-refractivity contribution in [2.75, 3.05) is 26.8 Å².